The fourth-order valence-electron chi connectivity index (χ4n) is 2.06. The average molecular weight is 235 g/mol. The number of aliphatic hydroxyl groups excluding tert-OH is 1. The third kappa shape index (κ3) is 2.94. The first-order chi connectivity index (χ1) is 7.97. The van der Waals surface area contributed by atoms with Gasteiger partial charge >= 0.3 is 0 Å². The highest BCUT2D eigenvalue weighted by atomic mass is 16.3. The molecule has 1 aliphatic heterocycles. The minimum absolute atomic E-state index is 0.0347. The number of aromatic nitrogens is 2. The summed E-state index contributed by atoms with van der Waals surface area (Å²) in [4.78, 5) is 2.10. The molecule has 0 aromatic carbocycles. The largest absolute Gasteiger partial charge is 0.391 e. The summed E-state index contributed by atoms with van der Waals surface area (Å²) in [5, 5.41) is 18.2. The quantitative estimate of drug-likeness (QED) is 0.805. The van der Waals surface area contributed by atoms with Crippen LogP contribution in [0.25, 0.3) is 0 Å². The second-order valence-electron chi connectivity index (χ2n) is 5.77. The topological polar surface area (TPSA) is 49.2 Å². The number of rotatable bonds is 1. The normalized spacial score (nSPS) is 21.6. The predicted molar refractivity (Wildman–Crippen MR) is 68.2 cm³/mol. The van der Waals surface area contributed by atoms with Gasteiger partial charge in [-0.1, -0.05) is 20.8 Å². The number of nitrogens with zero attached hydrogens (tertiary/aromatic N) is 3. The summed E-state index contributed by atoms with van der Waals surface area (Å²) in [7, 11) is 0. The van der Waals surface area contributed by atoms with Crippen molar-refractivity contribution in [3.05, 3.63) is 17.8 Å². The van der Waals surface area contributed by atoms with Crippen LogP contribution in [0.3, 0.4) is 0 Å². The Morgan fingerprint density at radius 1 is 1.29 bits per heavy atom. The number of hydrogen-bond acceptors (Lipinski definition) is 4. The van der Waals surface area contributed by atoms with Gasteiger partial charge in [0, 0.05) is 18.5 Å². The highest BCUT2D eigenvalue weighted by Gasteiger charge is 2.20. The summed E-state index contributed by atoms with van der Waals surface area (Å²) < 4.78 is 0. The van der Waals surface area contributed by atoms with E-state index in [0.29, 0.717) is 6.54 Å². The van der Waals surface area contributed by atoms with Gasteiger partial charge in [0.2, 0.25) is 0 Å². The van der Waals surface area contributed by atoms with Gasteiger partial charge in [-0.05, 0) is 25.0 Å². The Morgan fingerprint density at radius 3 is 2.59 bits per heavy atom. The van der Waals surface area contributed by atoms with Crippen LogP contribution in [0.1, 0.15) is 39.3 Å². The first-order valence-electron chi connectivity index (χ1n) is 6.24. The van der Waals surface area contributed by atoms with E-state index in [1.165, 1.54) is 0 Å². The predicted octanol–water partition coefficient (Wildman–Crippen LogP) is 1.74. The molecule has 0 saturated carbocycles. The molecule has 1 N–H and O–H groups in total. The third-order valence-corrected chi connectivity index (χ3v) is 3.14. The molecule has 94 valence electrons. The Bertz CT molecular complexity index is 369. The fraction of sp³-hybridized carbons (Fsp3) is 0.692. The van der Waals surface area contributed by atoms with Crippen LogP contribution in [0.2, 0.25) is 0 Å². The molecule has 17 heavy (non-hydrogen) atoms. The standard InChI is InChI=1S/C13H21N3O/c1-13(2,3)11-6-7-12(15-14-11)16-8-4-5-10(17)9-16/h6-7,10,17H,4-5,8-9H2,1-3H3/t10-/m0/s1. The molecule has 0 aliphatic carbocycles. The van der Waals surface area contributed by atoms with Crippen LogP contribution in [-0.2, 0) is 5.41 Å². The van der Waals surface area contributed by atoms with E-state index in [1.807, 2.05) is 12.1 Å². The van der Waals surface area contributed by atoms with Crippen molar-refractivity contribution >= 4 is 5.82 Å². The molecule has 0 radical (unpaired) electrons. The van der Waals surface area contributed by atoms with E-state index in [9.17, 15) is 5.11 Å². The lowest BCUT2D eigenvalue weighted by molar-refractivity contribution is 0.153. The first kappa shape index (κ1) is 12.3. The smallest absolute Gasteiger partial charge is 0.151 e. The van der Waals surface area contributed by atoms with Gasteiger partial charge in [-0.3, -0.25) is 0 Å². The Kier molecular flexibility index (Phi) is 3.33. The molecule has 0 unspecified atom stereocenters. The molecular weight excluding hydrogens is 214 g/mol. The zero-order chi connectivity index (χ0) is 12.5. The number of piperidine rings is 1. The van der Waals surface area contributed by atoms with E-state index < -0.39 is 0 Å². The second-order valence-corrected chi connectivity index (χ2v) is 5.77. The van der Waals surface area contributed by atoms with Crippen molar-refractivity contribution in [3.63, 3.8) is 0 Å². The molecule has 1 aromatic heterocycles. The summed E-state index contributed by atoms with van der Waals surface area (Å²) in [5.74, 6) is 0.872. The van der Waals surface area contributed by atoms with Crippen molar-refractivity contribution < 1.29 is 5.11 Å². The molecule has 4 heteroatoms. The van der Waals surface area contributed by atoms with Crippen molar-refractivity contribution in [1.82, 2.24) is 10.2 Å². The van der Waals surface area contributed by atoms with Gasteiger partial charge in [-0.15, -0.1) is 5.10 Å². The maximum absolute atomic E-state index is 9.63. The molecule has 1 fully saturated rings. The fourth-order valence-corrected chi connectivity index (χ4v) is 2.06. The third-order valence-electron chi connectivity index (χ3n) is 3.14. The molecule has 1 aliphatic rings. The van der Waals surface area contributed by atoms with Gasteiger partial charge < -0.3 is 10.0 Å². The SMILES string of the molecule is CC(C)(C)c1ccc(N2CCC[C@H](O)C2)nn1. The molecule has 2 rings (SSSR count). The molecule has 1 atom stereocenters. The summed E-state index contributed by atoms with van der Waals surface area (Å²) in [6.45, 7) is 8.01. The second kappa shape index (κ2) is 4.61. The summed E-state index contributed by atoms with van der Waals surface area (Å²) in [5.41, 5.74) is 1.03. The van der Waals surface area contributed by atoms with E-state index in [0.717, 1.165) is 30.9 Å². The minimum atomic E-state index is -0.229. The molecule has 0 spiro atoms. The van der Waals surface area contributed by atoms with Crippen molar-refractivity contribution in [2.24, 2.45) is 0 Å². The van der Waals surface area contributed by atoms with Gasteiger partial charge in [0.05, 0.1) is 11.8 Å². The van der Waals surface area contributed by atoms with Crippen molar-refractivity contribution in [2.75, 3.05) is 18.0 Å². The molecule has 1 aromatic rings. The minimum Gasteiger partial charge on any atom is -0.391 e. The summed E-state index contributed by atoms with van der Waals surface area (Å²) in [6.07, 6.45) is 1.68. The van der Waals surface area contributed by atoms with Crippen LogP contribution in [-0.4, -0.2) is 34.5 Å². The highest BCUT2D eigenvalue weighted by molar-refractivity contribution is 5.38. The molecule has 1 saturated heterocycles. The summed E-state index contributed by atoms with van der Waals surface area (Å²) in [6, 6.07) is 4.04. The van der Waals surface area contributed by atoms with E-state index in [1.54, 1.807) is 0 Å². The number of anilines is 1. The lowest BCUT2D eigenvalue weighted by Crippen LogP contribution is -2.38. The number of β-amino-alcohol motifs (C(OH)–C–C–N with tert-alkyl or cyclic N) is 1. The molecular formula is C13H21N3O. The van der Waals surface area contributed by atoms with Gasteiger partial charge in [-0.2, -0.15) is 5.10 Å². The molecule has 2 heterocycles. The number of hydrogen-bond donors (Lipinski definition) is 1. The van der Waals surface area contributed by atoms with E-state index in [-0.39, 0.29) is 11.5 Å². The Hall–Kier alpha value is -1.16. The van der Waals surface area contributed by atoms with Gasteiger partial charge in [-0.25, -0.2) is 0 Å². The van der Waals surface area contributed by atoms with Crippen molar-refractivity contribution in [2.45, 2.75) is 45.1 Å². The van der Waals surface area contributed by atoms with Crippen LogP contribution >= 0.6 is 0 Å². The molecule has 0 amide bonds. The Morgan fingerprint density at radius 2 is 2.06 bits per heavy atom. The van der Waals surface area contributed by atoms with Crippen LogP contribution in [0, 0.1) is 0 Å². The molecule has 4 nitrogen and oxygen atoms in total. The van der Waals surface area contributed by atoms with Crippen LogP contribution in [0.4, 0.5) is 5.82 Å². The van der Waals surface area contributed by atoms with Crippen LogP contribution in [0.5, 0.6) is 0 Å². The Balaban J connectivity index is 2.12. The van der Waals surface area contributed by atoms with E-state index in [4.69, 9.17) is 0 Å². The van der Waals surface area contributed by atoms with Gasteiger partial charge in [0.1, 0.15) is 0 Å². The lowest BCUT2D eigenvalue weighted by Gasteiger charge is -2.30. The molecule has 0 bridgehead atoms. The van der Waals surface area contributed by atoms with Crippen molar-refractivity contribution in [1.29, 1.82) is 0 Å². The lowest BCUT2D eigenvalue weighted by atomic mass is 9.92. The zero-order valence-corrected chi connectivity index (χ0v) is 10.8. The van der Waals surface area contributed by atoms with Crippen LogP contribution < -0.4 is 4.90 Å². The average Bonchev–Trinajstić information content (AvgIpc) is 2.28. The number of aliphatic hydroxyl groups is 1. The monoisotopic (exact) mass is 235 g/mol. The van der Waals surface area contributed by atoms with Crippen LogP contribution in [0.15, 0.2) is 12.1 Å². The highest BCUT2D eigenvalue weighted by Crippen LogP contribution is 2.22. The maximum Gasteiger partial charge on any atom is 0.151 e. The zero-order valence-electron chi connectivity index (χ0n) is 10.8. The Labute approximate surface area is 103 Å². The van der Waals surface area contributed by atoms with E-state index in [2.05, 4.69) is 35.9 Å². The van der Waals surface area contributed by atoms with Gasteiger partial charge in [0.15, 0.2) is 5.82 Å². The first-order valence-corrected chi connectivity index (χ1v) is 6.24. The van der Waals surface area contributed by atoms with Gasteiger partial charge in [0.25, 0.3) is 0 Å². The van der Waals surface area contributed by atoms with E-state index >= 15 is 0 Å². The van der Waals surface area contributed by atoms with Crippen molar-refractivity contribution in [3.8, 4) is 0 Å². The summed E-state index contributed by atoms with van der Waals surface area (Å²) >= 11 is 0. The maximum atomic E-state index is 9.63.